The largest absolute Gasteiger partial charge is 0.507 e. The summed E-state index contributed by atoms with van der Waals surface area (Å²) in [5, 5.41) is 10.2. The third-order valence-electron chi connectivity index (χ3n) is 3.46. The molecule has 0 aliphatic carbocycles. The van der Waals surface area contributed by atoms with Crippen molar-refractivity contribution in [2.24, 2.45) is 0 Å². The zero-order valence-electron chi connectivity index (χ0n) is 11.1. The Bertz CT molecular complexity index is 397. The van der Waals surface area contributed by atoms with Gasteiger partial charge in [-0.25, -0.2) is 0 Å². The van der Waals surface area contributed by atoms with Crippen LogP contribution in [0.5, 0.6) is 5.75 Å². The van der Waals surface area contributed by atoms with E-state index in [1.54, 1.807) is 6.26 Å². The summed E-state index contributed by atoms with van der Waals surface area (Å²) < 4.78 is 11.5. The third kappa shape index (κ3) is 3.09. The number of aromatic hydroxyl groups is 1. The summed E-state index contributed by atoms with van der Waals surface area (Å²) >= 11 is 0. The standard InChI is InChI=1S/C14H22O2S/c1-5-11(6-2)13-9-7-8-12(14(13)15)10(3)17(4)16/h7-11,15H,5-6H2,1-4H3. The van der Waals surface area contributed by atoms with E-state index in [4.69, 9.17) is 0 Å². The molecule has 96 valence electrons. The van der Waals surface area contributed by atoms with Gasteiger partial charge in [-0.2, -0.15) is 0 Å². The molecule has 0 aliphatic heterocycles. The lowest BCUT2D eigenvalue weighted by atomic mass is 9.91. The molecule has 17 heavy (non-hydrogen) atoms. The topological polar surface area (TPSA) is 37.3 Å². The summed E-state index contributed by atoms with van der Waals surface area (Å²) in [6, 6.07) is 5.79. The monoisotopic (exact) mass is 254 g/mol. The summed E-state index contributed by atoms with van der Waals surface area (Å²) in [6.07, 6.45) is 3.70. The van der Waals surface area contributed by atoms with E-state index in [1.165, 1.54) is 0 Å². The number of phenols is 1. The van der Waals surface area contributed by atoms with Gasteiger partial charge in [0, 0.05) is 22.6 Å². The van der Waals surface area contributed by atoms with E-state index >= 15 is 0 Å². The fourth-order valence-corrected chi connectivity index (χ4v) is 2.69. The van der Waals surface area contributed by atoms with Crippen molar-refractivity contribution in [1.29, 1.82) is 0 Å². The minimum Gasteiger partial charge on any atom is -0.507 e. The Hall–Kier alpha value is -0.830. The second kappa shape index (κ2) is 6.20. The van der Waals surface area contributed by atoms with Crippen molar-refractivity contribution in [2.75, 3.05) is 6.26 Å². The van der Waals surface area contributed by atoms with Crippen LogP contribution in [-0.2, 0) is 10.8 Å². The Labute approximate surface area is 107 Å². The molecule has 0 aliphatic rings. The summed E-state index contributed by atoms with van der Waals surface area (Å²) in [7, 11) is -0.957. The molecule has 0 aromatic heterocycles. The van der Waals surface area contributed by atoms with E-state index in [-0.39, 0.29) is 5.25 Å². The van der Waals surface area contributed by atoms with Crippen molar-refractivity contribution in [1.82, 2.24) is 0 Å². The molecule has 0 saturated heterocycles. The van der Waals surface area contributed by atoms with Gasteiger partial charge in [-0.15, -0.1) is 0 Å². The molecule has 0 amide bonds. The molecule has 2 nitrogen and oxygen atoms in total. The highest BCUT2D eigenvalue weighted by Crippen LogP contribution is 2.36. The lowest BCUT2D eigenvalue weighted by Gasteiger charge is -2.19. The molecule has 0 saturated carbocycles. The molecule has 1 rings (SSSR count). The summed E-state index contributed by atoms with van der Waals surface area (Å²) in [4.78, 5) is 0. The predicted octanol–water partition coefficient (Wildman–Crippen LogP) is 3.74. The van der Waals surface area contributed by atoms with Gasteiger partial charge < -0.3 is 5.11 Å². The predicted molar refractivity (Wildman–Crippen MR) is 73.9 cm³/mol. The minimum atomic E-state index is -0.957. The van der Waals surface area contributed by atoms with Gasteiger partial charge >= 0.3 is 0 Å². The van der Waals surface area contributed by atoms with Crippen molar-refractivity contribution < 1.29 is 9.32 Å². The lowest BCUT2D eigenvalue weighted by Crippen LogP contribution is -2.04. The fourth-order valence-electron chi connectivity index (χ4n) is 2.14. The zero-order valence-corrected chi connectivity index (χ0v) is 11.9. The molecular weight excluding hydrogens is 232 g/mol. The SMILES string of the molecule is CCC(CC)c1cccc(C(C)S(C)=O)c1O. The molecule has 2 unspecified atom stereocenters. The van der Waals surface area contributed by atoms with Gasteiger partial charge in [-0.05, 0) is 31.2 Å². The summed E-state index contributed by atoms with van der Waals surface area (Å²) in [5.74, 6) is 0.719. The van der Waals surface area contributed by atoms with Crippen LogP contribution in [0.15, 0.2) is 18.2 Å². The first kappa shape index (κ1) is 14.2. The van der Waals surface area contributed by atoms with E-state index in [0.717, 1.165) is 24.0 Å². The van der Waals surface area contributed by atoms with Crippen LogP contribution in [-0.4, -0.2) is 15.6 Å². The number of para-hydroxylation sites is 1. The van der Waals surface area contributed by atoms with E-state index in [9.17, 15) is 9.32 Å². The maximum Gasteiger partial charge on any atom is 0.123 e. The Balaban J connectivity index is 3.19. The Morgan fingerprint density at radius 1 is 1.24 bits per heavy atom. The Morgan fingerprint density at radius 2 is 1.76 bits per heavy atom. The number of benzene rings is 1. The minimum absolute atomic E-state index is 0.121. The van der Waals surface area contributed by atoms with Gasteiger partial charge in [-0.3, -0.25) is 4.21 Å². The van der Waals surface area contributed by atoms with Crippen LogP contribution < -0.4 is 0 Å². The first-order chi connectivity index (χ1) is 8.02. The maximum absolute atomic E-state index is 11.5. The molecule has 1 aromatic rings. The highest BCUT2D eigenvalue weighted by Gasteiger charge is 2.19. The second-order valence-electron chi connectivity index (χ2n) is 4.44. The highest BCUT2D eigenvalue weighted by molar-refractivity contribution is 7.84. The third-order valence-corrected chi connectivity index (χ3v) is 4.71. The molecule has 1 N–H and O–H groups in total. The molecule has 0 bridgehead atoms. The van der Waals surface area contributed by atoms with Gasteiger partial charge in [0.2, 0.25) is 0 Å². The van der Waals surface area contributed by atoms with Crippen molar-refractivity contribution >= 4 is 10.8 Å². The van der Waals surface area contributed by atoms with E-state index in [1.807, 2.05) is 25.1 Å². The molecule has 0 spiro atoms. The van der Waals surface area contributed by atoms with E-state index < -0.39 is 10.8 Å². The maximum atomic E-state index is 11.5. The van der Waals surface area contributed by atoms with Crippen LogP contribution in [0.2, 0.25) is 0 Å². The molecular formula is C14H22O2S. The number of hydrogen-bond donors (Lipinski definition) is 1. The fraction of sp³-hybridized carbons (Fsp3) is 0.571. The van der Waals surface area contributed by atoms with E-state index in [0.29, 0.717) is 11.7 Å². The van der Waals surface area contributed by atoms with Crippen LogP contribution in [0.3, 0.4) is 0 Å². The summed E-state index contributed by atoms with van der Waals surface area (Å²) in [6.45, 7) is 6.14. The smallest absolute Gasteiger partial charge is 0.123 e. The average molecular weight is 254 g/mol. The van der Waals surface area contributed by atoms with Crippen LogP contribution in [0.1, 0.15) is 55.9 Å². The Morgan fingerprint density at radius 3 is 2.24 bits per heavy atom. The van der Waals surface area contributed by atoms with Crippen molar-refractivity contribution in [2.45, 2.75) is 44.8 Å². The second-order valence-corrected chi connectivity index (χ2v) is 6.14. The summed E-state index contributed by atoms with van der Waals surface area (Å²) in [5.41, 5.74) is 1.79. The quantitative estimate of drug-likeness (QED) is 0.869. The number of phenolic OH excluding ortho intramolecular Hbond substituents is 1. The molecule has 3 heteroatoms. The van der Waals surface area contributed by atoms with Crippen molar-refractivity contribution in [3.63, 3.8) is 0 Å². The Kier molecular flexibility index (Phi) is 5.19. The molecule has 0 heterocycles. The highest BCUT2D eigenvalue weighted by atomic mass is 32.2. The van der Waals surface area contributed by atoms with Crippen LogP contribution >= 0.6 is 0 Å². The van der Waals surface area contributed by atoms with Gasteiger partial charge in [-0.1, -0.05) is 32.0 Å². The van der Waals surface area contributed by atoms with Gasteiger partial charge in [0.1, 0.15) is 5.75 Å². The van der Waals surface area contributed by atoms with Gasteiger partial charge in [0.15, 0.2) is 0 Å². The van der Waals surface area contributed by atoms with Gasteiger partial charge in [0.25, 0.3) is 0 Å². The average Bonchev–Trinajstić information content (AvgIpc) is 2.31. The van der Waals surface area contributed by atoms with Crippen LogP contribution in [0.25, 0.3) is 0 Å². The normalized spacial score (nSPS) is 14.9. The van der Waals surface area contributed by atoms with Gasteiger partial charge in [0.05, 0.1) is 5.25 Å². The number of rotatable bonds is 5. The van der Waals surface area contributed by atoms with Crippen molar-refractivity contribution in [3.05, 3.63) is 29.3 Å². The number of hydrogen-bond acceptors (Lipinski definition) is 2. The molecule has 0 radical (unpaired) electrons. The first-order valence-electron chi connectivity index (χ1n) is 6.16. The van der Waals surface area contributed by atoms with Crippen LogP contribution in [0.4, 0.5) is 0 Å². The first-order valence-corrected chi connectivity index (χ1v) is 7.78. The van der Waals surface area contributed by atoms with Crippen LogP contribution in [0, 0.1) is 0 Å². The molecule has 1 aromatic carbocycles. The molecule has 0 fully saturated rings. The zero-order chi connectivity index (χ0) is 13.0. The molecule has 2 atom stereocenters. The van der Waals surface area contributed by atoms with E-state index in [2.05, 4.69) is 13.8 Å². The van der Waals surface area contributed by atoms with Crippen molar-refractivity contribution in [3.8, 4) is 5.75 Å². The lowest BCUT2D eigenvalue weighted by molar-refractivity contribution is 0.450.